The third kappa shape index (κ3) is 2.71. The third-order valence-corrected chi connectivity index (χ3v) is 4.10. The second-order valence-electron chi connectivity index (χ2n) is 4.02. The lowest BCUT2D eigenvalue weighted by Crippen LogP contribution is -2.00. The molecule has 0 unspecified atom stereocenters. The van der Waals surface area contributed by atoms with Gasteiger partial charge in [0.25, 0.3) is 0 Å². The summed E-state index contributed by atoms with van der Waals surface area (Å²) in [5.74, 6) is 0.637. The van der Waals surface area contributed by atoms with Crippen LogP contribution in [0.2, 0.25) is 5.15 Å². The maximum absolute atomic E-state index is 6.20. The zero-order chi connectivity index (χ0) is 13.1. The number of rotatable bonds is 5. The molecule has 2 aromatic rings. The summed E-state index contributed by atoms with van der Waals surface area (Å²) in [5, 5.41) is 1.48. The standard InChI is InChI=1S/C13H15ClN2OS/c1-4-5-6-17-7-10-15-12(14)11-8(2)9(3)18-13(11)16-10/h4H,1,5-7H2,2-3H3. The summed E-state index contributed by atoms with van der Waals surface area (Å²) in [5.41, 5.74) is 1.17. The summed E-state index contributed by atoms with van der Waals surface area (Å²) in [6.45, 7) is 8.77. The van der Waals surface area contributed by atoms with Crippen LogP contribution in [0.25, 0.3) is 10.2 Å². The molecule has 0 aliphatic rings. The van der Waals surface area contributed by atoms with Crippen molar-refractivity contribution in [1.29, 1.82) is 0 Å². The molecular formula is C13H15ClN2OS. The van der Waals surface area contributed by atoms with E-state index in [0.717, 1.165) is 16.6 Å². The lowest BCUT2D eigenvalue weighted by molar-refractivity contribution is 0.120. The first kappa shape index (κ1) is 13.5. The van der Waals surface area contributed by atoms with Crippen molar-refractivity contribution in [3.8, 4) is 0 Å². The first-order chi connectivity index (χ1) is 8.63. The van der Waals surface area contributed by atoms with Crippen LogP contribution in [0.4, 0.5) is 0 Å². The van der Waals surface area contributed by atoms with Crippen molar-refractivity contribution in [3.63, 3.8) is 0 Å². The van der Waals surface area contributed by atoms with Gasteiger partial charge in [0.05, 0.1) is 12.0 Å². The number of hydrogen-bond acceptors (Lipinski definition) is 4. The van der Waals surface area contributed by atoms with Crippen LogP contribution >= 0.6 is 22.9 Å². The topological polar surface area (TPSA) is 35.0 Å². The molecule has 3 nitrogen and oxygen atoms in total. The molecule has 2 aromatic heterocycles. The summed E-state index contributed by atoms with van der Waals surface area (Å²) in [7, 11) is 0. The van der Waals surface area contributed by atoms with E-state index in [1.807, 2.05) is 13.0 Å². The lowest BCUT2D eigenvalue weighted by Gasteiger charge is -2.03. The van der Waals surface area contributed by atoms with Gasteiger partial charge in [0, 0.05) is 4.88 Å². The van der Waals surface area contributed by atoms with Crippen LogP contribution < -0.4 is 0 Å². The molecule has 0 saturated carbocycles. The van der Waals surface area contributed by atoms with Crippen molar-refractivity contribution in [2.45, 2.75) is 26.9 Å². The minimum Gasteiger partial charge on any atom is -0.373 e. The Balaban J connectivity index is 2.23. The van der Waals surface area contributed by atoms with E-state index in [0.29, 0.717) is 24.2 Å². The predicted molar refractivity (Wildman–Crippen MR) is 76.4 cm³/mol. The van der Waals surface area contributed by atoms with Gasteiger partial charge in [-0.1, -0.05) is 17.7 Å². The first-order valence-corrected chi connectivity index (χ1v) is 6.93. The average Bonchev–Trinajstić information content (AvgIpc) is 2.61. The van der Waals surface area contributed by atoms with Gasteiger partial charge in [0.15, 0.2) is 5.82 Å². The zero-order valence-electron chi connectivity index (χ0n) is 10.5. The molecule has 2 heterocycles. The molecule has 2 rings (SSSR count). The molecule has 0 atom stereocenters. The molecule has 96 valence electrons. The van der Waals surface area contributed by atoms with Crippen molar-refractivity contribution >= 4 is 33.2 Å². The Morgan fingerprint density at radius 1 is 1.39 bits per heavy atom. The molecule has 0 amide bonds. The van der Waals surface area contributed by atoms with E-state index >= 15 is 0 Å². The van der Waals surface area contributed by atoms with E-state index in [2.05, 4.69) is 23.5 Å². The molecular weight excluding hydrogens is 268 g/mol. The highest BCUT2D eigenvalue weighted by Crippen LogP contribution is 2.32. The SMILES string of the molecule is C=CCCOCc1nc(Cl)c2c(C)c(C)sc2n1. The number of hydrogen-bond donors (Lipinski definition) is 0. The van der Waals surface area contributed by atoms with Gasteiger partial charge >= 0.3 is 0 Å². The van der Waals surface area contributed by atoms with Gasteiger partial charge in [-0.05, 0) is 25.8 Å². The van der Waals surface area contributed by atoms with Crippen LogP contribution in [-0.2, 0) is 11.3 Å². The summed E-state index contributed by atoms with van der Waals surface area (Å²) in [6.07, 6.45) is 2.65. The van der Waals surface area contributed by atoms with Crippen molar-refractivity contribution in [3.05, 3.63) is 34.1 Å². The fourth-order valence-electron chi connectivity index (χ4n) is 1.64. The van der Waals surface area contributed by atoms with E-state index in [1.54, 1.807) is 11.3 Å². The molecule has 0 radical (unpaired) electrons. The molecule has 0 aromatic carbocycles. The van der Waals surface area contributed by atoms with Crippen LogP contribution in [0.5, 0.6) is 0 Å². The number of halogens is 1. The zero-order valence-corrected chi connectivity index (χ0v) is 12.1. The van der Waals surface area contributed by atoms with Gasteiger partial charge in [0.2, 0.25) is 0 Å². The normalized spacial score (nSPS) is 11.1. The molecule has 5 heteroatoms. The molecule has 0 saturated heterocycles. The lowest BCUT2D eigenvalue weighted by atomic mass is 10.2. The molecule has 0 bridgehead atoms. The number of nitrogens with zero attached hydrogens (tertiary/aromatic N) is 2. The summed E-state index contributed by atoms with van der Waals surface area (Å²) >= 11 is 7.85. The Bertz CT molecular complexity index is 580. The van der Waals surface area contributed by atoms with Gasteiger partial charge in [-0.2, -0.15) is 0 Å². The molecule has 0 N–H and O–H groups in total. The van der Waals surface area contributed by atoms with E-state index in [4.69, 9.17) is 16.3 Å². The number of thiophene rings is 1. The summed E-state index contributed by atoms with van der Waals surface area (Å²) in [4.78, 5) is 10.9. The Kier molecular flexibility index (Phi) is 4.32. The quantitative estimate of drug-likeness (QED) is 0.471. The van der Waals surface area contributed by atoms with Crippen LogP contribution in [0.15, 0.2) is 12.7 Å². The van der Waals surface area contributed by atoms with E-state index in [1.165, 1.54) is 10.4 Å². The van der Waals surface area contributed by atoms with Gasteiger partial charge in [-0.15, -0.1) is 17.9 Å². The Morgan fingerprint density at radius 3 is 2.89 bits per heavy atom. The van der Waals surface area contributed by atoms with Crippen molar-refractivity contribution in [2.75, 3.05) is 6.61 Å². The van der Waals surface area contributed by atoms with Crippen LogP contribution in [0, 0.1) is 13.8 Å². The minimum atomic E-state index is 0.388. The average molecular weight is 283 g/mol. The fourth-order valence-corrected chi connectivity index (χ4v) is 3.07. The highest BCUT2D eigenvalue weighted by molar-refractivity contribution is 7.18. The number of aryl methyl sites for hydroxylation is 2. The van der Waals surface area contributed by atoms with E-state index in [-0.39, 0.29) is 0 Å². The fraction of sp³-hybridized carbons (Fsp3) is 0.385. The van der Waals surface area contributed by atoms with Gasteiger partial charge < -0.3 is 4.74 Å². The molecule has 18 heavy (non-hydrogen) atoms. The largest absolute Gasteiger partial charge is 0.373 e. The Hall–Kier alpha value is -0.970. The minimum absolute atomic E-state index is 0.388. The summed E-state index contributed by atoms with van der Waals surface area (Å²) < 4.78 is 5.45. The number of aromatic nitrogens is 2. The van der Waals surface area contributed by atoms with Crippen molar-refractivity contribution in [2.24, 2.45) is 0 Å². The molecule has 0 fully saturated rings. The second kappa shape index (κ2) is 5.78. The number of fused-ring (bicyclic) bond motifs is 1. The Labute approximate surface area is 115 Å². The van der Waals surface area contributed by atoms with Crippen LogP contribution in [0.3, 0.4) is 0 Å². The van der Waals surface area contributed by atoms with Crippen molar-refractivity contribution in [1.82, 2.24) is 9.97 Å². The highest BCUT2D eigenvalue weighted by Gasteiger charge is 2.12. The van der Waals surface area contributed by atoms with E-state index < -0.39 is 0 Å². The van der Waals surface area contributed by atoms with E-state index in [9.17, 15) is 0 Å². The monoisotopic (exact) mass is 282 g/mol. The smallest absolute Gasteiger partial charge is 0.157 e. The van der Waals surface area contributed by atoms with Gasteiger partial charge in [-0.3, -0.25) is 0 Å². The maximum atomic E-state index is 6.20. The van der Waals surface area contributed by atoms with Gasteiger partial charge in [-0.25, -0.2) is 9.97 Å². The predicted octanol–water partition coefficient (Wildman–Crippen LogP) is 4.05. The highest BCUT2D eigenvalue weighted by atomic mass is 35.5. The third-order valence-electron chi connectivity index (χ3n) is 2.73. The van der Waals surface area contributed by atoms with Crippen LogP contribution in [0.1, 0.15) is 22.7 Å². The Morgan fingerprint density at radius 2 is 2.17 bits per heavy atom. The molecule has 0 spiro atoms. The van der Waals surface area contributed by atoms with Crippen LogP contribution in [-0.4, -0.2) is 16.6 Å². The summed E-state index contributed by atoms with van der Waals surface area (Å²) in [6, 6.07) is 0. The first-order valence-electron chi connectivity index (χ1n) is 5.74. The molecule has 0 aliphatic carbocycles. The van der Waals surface area contributed by atoms with Gasteiger partial charge in [0.1, 0.15) is 16.6 Å². The second-order valence-corrected chi connectivity index (χ2v) is 5.59. The van der Waals surface area contributed by atoms with Crippen molar-refractivity contribution < 1.29 is 4.74 Å². The maximum Gasteiger partial charge on any atom is 0.157 e. The molecule has 0 aliphatic heterocycles. The number of ether oxygens (including phenoxy) is 1.